The van der Waals surface area contributed by atoms with Crippen molar-refractivity contribution in [1.82, 2.24) is 25.1 Å². The molecule has 2 aromatic rings. The van der Waals surface area contributed by atoms with Gasteiger partial charge in [0.25, 0.3) is 0 Å². The number of carbonyl (C=O) groups is 2. The lowest BCUT2D eigenvalue weighted by atomic mass is 10.1. The molecule has 0 bridgehead atoms. The fourth-order valence-electron chi connectivity index (χ4n) is 3.27. The van der Waals surface area contributed by atoms with Gasteiger partial charge in [-0.05, 0) is 30.9 Å². The molecule has 0 radical (unpaired) electrons. The Kier molecular flexibility index (Phi) is 6.89. The molecule has 0 saturated carbocycles. The number of likely N-dealkylation sites (tertiary alicyclic amines) is 1. The lowest BCUT2D eigenvalue weighted by molar-refractivity contribution is 0.0957. The van der Waals surface area contributed by atoms with Gasteiger partial charge in [-0.2, -0.15) is 0 Å². The van der Waals surface area contributed by atoms with E-state index in [0.29, 0.717) is 26.2 Å². The topological polar surface area (TPSA) is 88.5 Å². The van der Waals surface area contributed by atoms with Crippen LogP contribution >= 0.6 is 0 Å². The maximum atomic E-state index is 12.2. The maximum Gasteiger partial charge on any atom is 0.409 e. The third-order valence-corrected chi connectivity index (χ3v) is 4.72. The number of hydrogen-bond acceptors (Lipinski definition) is 4. The fraction of sp³-hybridized carbons (Fsp3) is 0.450. The van der Waals surface area contributed by atoms with Crippen LogP contribution in [0, 0.1) is 0 Å². The van der Waals surface area contributed by atoms with Crippen LogP contribution in [0.4, 0.5) is 9.59 Å². The zero-order valence-electron chi connectivity index (χ0n) is 16.1. The number of imidazole rings is 1. The average Bonchev–Trinajstić information content (AvgIpc) is 3.20. The van der Waals surface area contributed by atoms with E-state index in [1.165, 1.54) is 0 Å². The highest BCUT2D eigenvalue weighted by Gasteiger charge is 2.24. The normalized spacial score (nSPS) is 14.5. The van der Waals surface area contributed by atoms with E-state index in [0.717, 1.165) is 30.5 Å². The number of amides is 3. The van der Waals surface area contributed by atoms with Gasteiger partial charge in [-0.25, -0.2) is 14.6 Å². The van der Waals surface area contributed by atoms with Crippen LogP contribution in [-0.4, -0.2) is 52.3 Å². The molecule has 0 spiro atoms. The summed E-state index contributed by atoms with van der Waals surface area (Å²) in [5, 5.41) is 5.90. The SMILES string of the molecule is CCOC(=O)N1CCC(NC(=O)NCc2cccc(Cn3ccnc3)c2)CC1. The Bertz CT molecular complexity index is 770. The summed E-state index contributed by atoms with van der Waals surface area (Å²) in [5.74, 6) is 0. The lowest BCUT2D eigenvalue weighted by Gasteiger charge is -2.31. The first-order chi connectivity index (χ1) is 13.6. The number of nitrogens with zero attached hydrogens (tertiary/aromatic N) is 3. The summed E-state index contributed by atoms with van der Waals surface area (Å²) < 4.78 is 7.01. The first-order valence-electron chi connectivity index (χ1n) is 9.63. The van der Waals surface area contributed by atoms with Crippen LogP contribution in [0.25, 0.3) is 0 Å². The number of rotatable bonds is 6. The molecule has 0 unspecified atom stereocenters. The van der Waals surface area contributed by atoms with Gasteiger partial charge in [0.15, 0.2) is 0 Å². The van der Waals surface area contributed by atoms with Gasteiger partial charge in [-0.1, -0.05) is 24.3 Å². The van der Waals surface area contributed by atoms with Crippen molar-refractivity contribution < 1.29 is 14.3 Å². The van der Waals surface area contributed by atoms with Gasteiger partial charge in [0, 0.05) is 44.6 Å². The maximum absolute atomic E-state index is 12.2. The summed E-state index contributed by atoms with van der Waals surface area (Å²) in [6.45, 7) is 4.58. The number of aromatic nitrogens is 2. The molecular weight excluding hydrogens is 358 g/mol. The molecular formula is C20H27N5O3. The molecule has 1 aromatic heterocycles. The van der Waals surface area contributed by atoms with E-state index in [1.807, 2.05) is 22.9 Å². The smallest absolute Gasteiger partial charge is 0.409 e. The minimum Gasteiger partial charge on any atom is -0.450 e. The minimum atomic E-state index is -0.277. The van der Waals surface area contributed by atoms with E-state index in [2.05, 4.69) is 27.8 Å². The zero-order chi connectivity index (χ0) is 19.8. The number of carbonyl (C=O) groups excluding carboxylic acids is 2. The highest BCUT2D eigenvalue weighted by molar-refractivity contribution is 5.74. The first kappa shape index (κ1) is 19.7. The molecule has 2 N–H and O–H groups in total. The highest BCUT2D eigenvalue weighted by Crippen LogP contribution is 2.12. The monoisotopic (exact) mass is 385 g/mol. The Morgan fingerprint density at radius 1 is 1.25 bits per heavy atom. The Labute approximate surface area is 164 Å². The summed E-state index contributed by atoms with van der Waals surface area (Å²) in [4.78, 5) is 29.7. The molecule has 1 aromatic carbocycles. The Hall–Kier alpha value is -3.03. The Morgan fingerprint density at radius 3 is 2.75 bits per heavy atom. The molecule has 150 valence electrons. The molecule has 8 heteroatoms. The third-order valence-electron chi connectivity index (χ3n) is 4.72. The first-order valence-corrected chi connectivity index (χ1v) is 9.63. The van der Waals surface area contributed by atoms with Crippen molar-refractivity contribution in [2.75, 3.05) is 19.7 Å². The van der Waals surface area contributed by atoms with Crippen molar-refractivity contribution in [2.45, 2.75) is 38.9 Å². The van der Waals surface area contributed by atoms with E-state index in [1.54, 1.807) is 24.3 Å². The molecule has 28 heavy (non-hydrogen) atoms. The van der Waals surface area contributed by atoms with E-state index < -0.39 is 0 Å². The number of ether oxygens (including phenoxy) is 1. The summed E-state index contributed by atoms with van der Waals surface area (Å²) in [5.41, 5.74) is 2.20. The van der Waals surface area contributed by atoms with Gasteiger partial charge in [0.05, 0.1) is 12.9 Å². The minimum absolute atomic E-state index is 0.0678. The second-order valence-corrected chi connectivity index (χ2v) is 6.84. The standard InChI is InChI=1S/C20H27N5O3/c1-2-28-20(27)25-9-6-18(7-10-25)23-19(26)22-13-16-4-3-5-17(12-16)14-24-11-8-21-15-24/h3-5,8,11-12,15,18H,2,6-7,9-10,13-14H2,1H3,(H2,22,23,26). The summed E-state index contributed by atoms with van der Waals surface area (Å²) in [6.07, 6.45) is 6.64. The number of urea groups is 1. The number of benzene rings is 1. The van der Waals surface area contributed by atoms with Crippen molar-refractivity contribution in [1.29, 1.82) is 0 Å². The molecule has 8 nitrogen and oxygen atoms in total. The predicted molar refractivity (Wildman–Crippen MR) is 105 cm³/mol. The van der Waals surface area contributed by atoms with Gasteiger partial charge in [0.1, 0.15) is 0 Å². The number of nitrogens with one attached hydrogen (secondary N) is 2. The largest absolute Gasteiger partial charge is 0.450 e. The van der Waals surface area contributed by atoms with Crippen LogP contribution in [0.5, 0.6) is 0 Å². The van der Waals surface area contributed by atoms with Gasteiger partial charge in [-0.3, -0.25) is 0 Å². The molecule has 0 atom stereocenters. The molecule has 3 amide bonds. The molecule has 3 rings (SSSR count). The van der Waals surface area contributed by atoms with Crippen LogP contribution in [0.1, 0.15) is 30.9 Å². The van der Waals surface area contributed by atoms with Crippen molar-refractivity contribution in [3.63, 3.8) is 0 Å². The van der Waals surface area contributed by atoms with E-state index >= 15 is 0 Å². The molecule has 1 aliphatic rings. The molecule has 2 heterocycles. The summed E-state index contributed by atoms with van der Waals surface area (Å²) >= 11 is 0. The fourth-order valence-corrected chi connectivity index (χ4v) is 3.27. The number of piperidine rings is 1. The third kappa shape index (κ3) is 5.73. The van der Waals surface area contributed by atoms with Crippen molar-refractivity contribution >= 4 is 12.1 Å². The zero-order valence-corrected chi connectivity index (χ0v) is 16.1. The van der Waals surface area contributed by atoms with Gasteiger partial charge < -0.3 is 24.8 Å². The van der Waals surface area contributed by atoms with Crippen molar-refractivity contribution in [3.8, 4) is 0 Å². The van der Waals surface area contributed by atoms with Crippen LogP contribution in [-0.2, 0) is 17.8 Å². The van der Waals surface area contributed by atoms with Crippen LogP contribution in [0.15, 0.2) is 43.0 Å². The molecule has 0 aliphatic carbocycles. The lowest BCUT2D eigenvalue weighted by Crippen LogP contribution is -2.49. The van der Waals surface area contributed by atoms with Crippen molar-refractivity contribution in [3.05, 3.63) is 54.1 Å². The van der Waals surface area contributed by atoms with E-state index in [4.69, 9.17) is 4.74 Å². The Balaban J connectivity index is 1.41. The highest BCUT2D eigenvalue weighted by atomic mass is 16.6. The Morgan fingerprint density at radius 2 is 2.04 bits per heavy atom. The van der Waals surface area contributed by atoms with Gasteiger partial charge in [0.2, 0.25) is 0 Å². The quantitative estimate of drug-likeness (QED) is 0.799. The summed E-state index contributed by atoms with van der Waals surface area (Å²) in [6, 6.07) is 8.01. The van der Waals surface area contributed by atoms with E-state index in [-0.39, 0.29) is 18.2 Å². The molecule has 1 saturated heterocycles. The molecule has 1 fully saturated rings. The van der Waals surface area contributed by atoms with Crippen LogP contribution in [0.2, 0.25) is 0 Å². The predicted octanol–water partition coefficient (Wildman–Crippen LogP) is 2.35. The van der Waals surface area contributed by atoms with Crippen LogP contribution in [0.3, 0.4) is 0 Å². The van der Waals surface area contributed by atoms with Gasteiger partial charge in [-0.15, -0.1) is 0 Å². The van der Waals surface area contributed by atoms with Crippen LogP contribution < -0.4 is 10.6 Å². The second kappa shape index (κ2) is 9.77. The van der Waals surface area contributed by atoms with Crippen molar-refractivity contribution in [2.24, 2.45) is 0 Å². The van der Waals surface area contributed by atoms with Gasteiger partial charge >= 0.3 is 12.1 Å². The van der Waals surface area contributed by atoms with E-state index in [9.17, 15) is 9.59 Å². The number of hydrogen-bond donors (Lipinski definition) is 2. The molecule has 1 aliphatic heterocycles. The second-order valence-electron chi connectivity index (χ2n) is 6.84. The summed E-state index contributed by atoms with van der Waals surface area (Å²) in [7, 11) is 0. The average molecular weight is 385 g/mol.